The van der Waals surface area contributed by atoms with Gasteiger partial charge in [-0.1, -0.05) is 30.3 Å². The molecule has 0 heterocycles. The van der Waals surface area contributed by atoms with Crippen LogP contribution in [-0.2, 0) is 4.79 Å². The van der Waals surface area contributed by atoms with Crippen molar-refractivity contribution in [1.82, 2.24) is 0 Å². The lowest BCUT2D eigenvalue weighted by Crippen LogP contribution is -2.20. The average molecular weight is 274 g/mol. The Hall–Kier alpha value is -2.36. The number of ether oxygens (including phenoxy) is 1. The maximum Gasteiger partial charge on any atom is 0.314 e. The molecule has 4 heteroatoms. The van der Waals surface area contributed by atoms with Crippen LogP contribution in [0.4, 0.5) is 4.39 Å². The van der Waals surface area contributed by atoms with Crippen LogP contribution < -0.4 is 4.74 Å². The standard InChI is InChI=1S/C16H15FO3/c1-11-5-2-3-8-14(11)15(16(18)19)10-20-13-7-4-6-12(17)9-13/h2-9,15H,10H2,1H3,(H,18,19). The van der Waals surface area contributed by atoms with Gasteiger partial charge in [0, 0.05) is 6.07 Å². The SMILES string of the molecule is Cc1ccccc1C(COc1cccc(F)c1)C(=O)O. The lowest BCUT2D eigenvalue weighted by Gasteiger charge is -2.16. The van der Waals surface area contributed by atoms with E-state index in [1.54, 1.807) is 18.2 Å². The lowest BCUT2D eigenvalue weighted by atomic mass is 9.96. The van der Waals surface area contributed by atoms with Crippen LogP contribution in [-0.4, -0.2) is 17.7 Å². The number of rotatable bonds is 5. The van der Waals surface area contributed by atoms with E-state index in [-0.39, 0.29) is 6.61 Å². The molecule has 0 saturated heterocycles. The molecule has 0 spiro atoms. The van der Waals surface area contributed by atoms with Crippen molar-refractivity contribution in [3.05, 3.63) is 65.5 Å². The summed E-state index contributed by atoms with van der Waals surface area (Å²) in [4.78, 5) is 11.4. The van der Waals surface area contributed by atoms with Crippen molar-refractivity contribution in [2.45, 2.75) is 12.8 Å². The van der Waals surface area contributed by atoms with E-state index in [0.717, 1.165) is 5.56 Å². The van der Waals surface area contributed by atoms with Crippen LogP contribution in [0.1, 0.15) is 17.0 Å². The number of aryl methyl sites for hydroxylation is 1. The molecule has 2 rings (SSSR count). The molecule has 1 atom stereocenters. The van der Waals surface area contributed by atoms with E-state index in [0.29, 0.717) is 11.3 Å². The topological polar surface area (TPSA) is 46.5 Å². The molecule has 1 N–H and O–H groups in total. The van der Waals surface area contributed by atoms with E-state index in [1.807, 2.05) is 19.1 Å². The second-order valence-corrected chi connectivity index (χ2v) is 4.52. The van der Waals surface area contributed by atoms with Crippen molar-refractivity contribution < 1.29 is 19.0 Å². The monoisotopic (exact) mass is 274 g/mol. The largest absolute Gasteiger partial charge is 0.492 e. The van der Waals surface area contributed by atoms with Crippen LogP contribution in [0.3, 0.4) is 0 Å². The zero-order valence-electron chi connectivity index (χ0n) is 11.0. The molecule has 0 amide bonds. The first-order valence-electron chi connectivity index (χ1n) is 6.24. The lowest BCUT2D eigenvalue weighted by molar-refractivity contribution is -0.139. The van der Waals surface area contributed by atoms with Gasteiger partial charge in [0.05, 0.1) is 0 Å². The molecule has 1 unspecified atom stereocenters. The molecule has 0 aliphatic heterocycles. The van der Waals surface area contributed by atoms with E-state index in [1.165, 1.54) is 18.2 Å². The zero-order valence-corrected chi connectivity index (χ0v) is 11.0. The van der Waals surface area contributed by atoms with Crippen molar-refractivity contribution in [2.24, 2.45) is 0 Å². The maximum atomic E-state index is 13.0. The molecule has 20 heavy (non-hydrogen) atoms. The van der Waals surface area contributed by atoms with Crippen molar-refractivity contribution in [2.75, 3.05) is 6.61 Å². The van der Waals surface area contributed by atoms with Crippen LogP contribution in [0, 0.1) is 12.7 Å². The minimum Gasteiger partial charge on any atom is -0.492 e. The number of hydrogen-bond donors (Lipinski definition) is 1. The highest BCUT2D eigenvalue weighted by Gasteiger charge is 2.22. The number of carbonyl (C=O) groups is 1. The minimum absolute atomic E-state index is 0.0381. The molecule has 0 saturated carbocycles. The molecule has 0 aliphatic carbocycles. The number of aliphatic carboxylic acids is 1. The van der Waals surface area contributed by atoms with Crippen LogP contribution >= 0.6 is 0 Å². The molecule has 0 aliphatic rings. The van der Waals surface area contributed by atoms with Gasteiger partial charge in [-0.25, -0.2) is 4.39 Å². The van der Waals surface area contributed by atoms with Crippen LogP contribution in [0.5, 0.6) is 5.75 Å². The van der Waals surface area contributed by atoms with Crippen molar-refractivity contribution >= 4 is 5.97 Å². The van der Waals surface area contributed by atoms with Gasteiger partial charge in [-0.05, 0) is 30.2 Å². The smallest absolute Gasteiger partial charge is 0.314 e. The predicted molar refractivity (Wildman–Crippen MR) is 73.5 cm³/mol. The third-order valence-corrected chi connectivity index (χ3v) is 3.07. The van der Waals surface area contributed by atoms with Gasteiger partial charge in [-0.15, -0.1) is 0 Å². The summed E-state index contributed by atoms with van der Waals surface area (Å²) in [7, 11) is 0. The Kier molecular flexibility index (Phi) is 4.35. The summed E-state index contributed by atoms with van der Waals surface area (Å²) in [6.45, 7) is 1.82. The average Bonchev–Trinajstić information content (AvgIpc) is 2.40. The van der Waals surface area contributed by atoms with E-state index in [2.05, 4.69) is 0 Å². The number of halogens is 1. The Morgan fingerprint density at radius 1 is 1.25 bits per heavy atom. The fourth-order valence-corrected chi connectivity index (χ4v) is 2.01. The third kappa shape index (κ3) is 3.35. The Morgan fingerprint density at radius 3 is 2.65 bits per heavy atom. The third-order valence-electron chi connectivity index (χ3n) is 3.07. The Bertz CT molecular complexity index is 610. The first kappa shape index (κ1) is 14.1. The second-order valence-electron chi connectivity index (χ2n) is 4.52. The van der Waals surface area contributed by atoms with Crippen LogP contribution in [0.2, 0.25) is 0 Å². The molecule has 2 aromatic rings. The highest BCUT2D eigenvalue weighted by molar-refractivity contribution is 5.76. The van der Waals surface area contributed by atoms with Gasteiger partial charge in [-0.2, -0.15) is 0 Å². The Morgan fingerprint density at radius 2 is 2.00 bits per heavy atom. The molecule has 0 bridgehead atoms. The summed E-state index contributed by atoms with van der Waals surface area (Å²) in [6.07, 6.45) is 0. The summed E-state index contributed by atoms with van der Waals surface area (Å²) >= 11 is 0. The second kappa shape index (κ2) is 6.19. The number of carboxylic acid groups (broad SMARTS) is 1. The van der Waals surface area contributed by atoms with Gasteiger partial charge in [0.15, 0.2) is 0 Å². The predicted octanol–water partition coefficient (Wildman–Crippen LogP) is 3.38. The van der Waals surface area contributed by atoms with Gasteiger partial charge >= 0.3 is 5.97 Å². The molecule has 2 aromatic carbocycles. The van der Waals surface area contributed by atoms with E-state index < -0.39 is 17.7 Å². The highest BCUT2D eigenvalue weighted by Crippen LogP contribution is 2.22. The fraction of sp³-hybridized carbons (Fsp3) is 0.188. The summed E-state index contributed by atoms with van der Waals surface area (Å²) in [5.41, 5.74) is 1.60. The van der Waals surface area contributed by atoms with Crippen LogP contribution in [0.15, 0.2) is 48.5 Å². The Balaban J connectivity index is 2.15. The fourth-order valence-electron chi connectivity index (χ4n) is 2.01. The molecule has 0 aromatic heterocycles. The number of carboxylic acids is 1. The maximum absolute atomic E-state index is 13.0. The van der Waals surface area contributed by atoms with E-state index >= 15 is 0 Å². The van der Waals surface area contributed by atoms with Gasteiger partial charge in [-0.3, -0.25) is 4.79 Å². The summed E-state index contributed by atoms with van der Waals surface area (Å²) in [5, 5.41) is 9.33. The number of benzene rings is 2. The molecular formula is C16H15FO3. The molecular weight excluding hydrogens is 259 g/mol. The molecule has 104 valence electrons. The van der Waals surface area contributed by atoms with Crippen molar-refractivity contribution in [3.8, 4) is 5.75 Å². The van der Waals surface area contributed by atoms with Crippen molar-refractivity contribution in [3.63, 3.8) is 0 Å². The molecule has 0 fully saturated rings. The first-order valence-corrected chi connectivity index (χ1v) is 6.24. The molecule has 3 nitrogen and oxygen atoms in total. The summed E-state index contributed by atoms with van der Waals surface area (Å²) in [6, 6.07) is 12.9. The first-order chi connectivity index (χ1) is 9.58. The quantitative estimate of drug-likeness (QED) is 0.909. The zero-order chi connectivity index (χ0) is 14.5. The normalized spacial score (nSPS) is 11.9. The van der Waals surface area contributed by atoms with Gasteiger partial charge in [0.2, 0.25) is 0 Å². The Labute approximate surface area is 116 Å². The minimum atomic E-state index is -0.962. The molecule has 0 radical (unpaired) electrons. The van der Waals surface area contributed by atoms with Crippen molar-refractivity contribution in [1.29, 1.82) is 0 Å². The van der Waals surface area contributed by atoms with Crippen LogP contribution in [0.25, 0.3) is 0 Å². The van der Waals surface area contributed by atoms with Gasteiger partial charge in [0.1, 0.15) is 24.1 Å². The van der Waals surface area contributed by atoms with Gasteiger partial charge < -0.3 is 9.84 Å². The van der Waals surface area contributed by atoms with Gasteiger partial charge in [0.25, 0.3) is 0 Å². The van der Waals surface area contributed by atoms with E-state index in [9.17, 15) is 14.3 Å². The summed E-state index contributed by atoms with van der Waals surface area (Å²) < 4.78 is 18.4. The number of hydrogen-bond acceptors (Lipinski definition) is 2. The summed E-state index contributed by atoms with van der Waals surface area (Å²) in [5.74, 6) is -1.83. The highest BCUT2D eigenvalue weighted by atomic mass is 19.1. The van der Waals surface area contributed by atoms with E-state index in [4.69, 9.17) is 4.74 Å².